The highest BCUT2D eigenvalue weighted by Crippen LogP contribution is 2.28. The molecule has 4 rings (SSSR count). The second-order valence-corrected chi connectivity index (χ2v) is 8.22. The van der Waals surface area contributed by atoms with Crippen LogP contribution in [0.25, 0.3) is 28.6 Å². The van der Waals surface area contributed by atoms with Gasteiger partial charge in [0, 0.05) is 23.4 Å². The number of hydrogen-bond acceptors (Lipinski definition) is 7. The van der Waals surface area contributed by atoms with Crippen LogP contribution in [0.1, 0.15) is 12.5 Å². The van der Waals surface area contributed by atoms with Crippen molar-refractivity contribution < 1.29 is 18.9 Å². The molecule has 0 aliphatic carbocycles. The molecule has 11 heteroatoms. The van der Waals surface area contributed by atoms with Gasteiger partial charge in [0.25, 0.3) is 5.69 Å². The third-order valence-corrected chi connectivity index (χ3v) is 5.41. The molecule has 0 fully saturated rings. The van der Waals surface area contributed by atoms with Gasteiger partial charge in [-0.25, -0.2) is 4.98 Å². The van der Waals surface area contributed by atoms with E-state index >= 15 is 0 Å². The Bertz CT molecular complexity index is 1480. The zero-order valence-corrected chi connectivity index (χ0v) is 20.4. The van der Waals surface area contributed by atoms with Crippen molar-refractivity contribution in [2.24, 2.45) is 0 Å². The fourth-order valence-corrected chi connectivity index (χ4v) is 3.66. The fraction of sp³-hybridized carbons (Fsp3) is 0.0800. The van der Waals surface area contributed by atoms with Crippen LogP contribution >= 0.6 is 23.8 Å². The molecule has 0 atom stereocenters. The average Bonchev–Trinajstić information content (AvgIpc) is 3.27. The number of nitro groups is 1. The second-order valence-electron chi connectivity index (χ2n) is 7.40. The van der Waals surface area contributed by atoms with Gasteiger partial charge in [0.05, 0.1) is 11.5 Å². The van der Waals surface area contributed by atoms with E-state index in [0.29, 0.717) is 34.8 Å². The number of nitrogens with zero attached hydrogens (tertiary/aromatic N) is 2. The number of fused-ring (bicyclic) bond motifs is 1. The Morgan fingerprint density at radius 2 is 1.97 bits per heavy atom. The molecule has 0 bridgehead atoms. The van der Waals surface area contributed by atoms with Crippen LogP contribution in [0.2, 0.25) is 5.02 Å². The predicted molar refractivity (Wildman–Crippen MR) is 142 cm³/mol. The molecule has 36 heavy (non-hydrogen) atoms. The van der Waals surface area contributed by atoms with Crippen LogP contribution in [0.4, 0.5) is 11.4 Å². The Kier molecular flexibility index (Phi) is 7.57. The molecule has 1 aromatic heterocycles. The number of aromatic nitrogens is 1. The molecule has 0 saturated heterocycles. The molecule has 0 saturated carbocycles. The number of nitro benzene ring substituents is 1. The van der Waals surface area contributed by atoms with Crippen LogP contribution in [0.3, 0.4) is 0 Å². The summed E-state index contributed by atoms with van der Waals surface area (Å²) in [6, 6.07) is 16.9. The predicted octanol–water partition coefficient (Wildman–Crippen LogP) is 5.98. The number of benzene rings is 3. The van der Waals surface area contributed by atoms with Crippen LogP contribution in [-0.2, 0) is 4.79 Å². The van der Waals surface area contributed by atoms with Gasteiger partial charge in [-0.15, -0.1) is 0 Å². The lowest BCUT2D eigenvalue weighted by Crippen LogP contribution is -2.32. The minimum Gasteiger partial charge on any atom is -0.494 e. The van der Waals surface area contributed by atoms with Gasteiger partial charge in [0.2, 0.25) is 11.8 Å². The molecular weight excluding hydrogens is 504 g/mol. The van der Waals surface area contributed by atoms with Crippen LogP contribution in [0, 0.1) is 10.1 Å². The molecule has 0 spiro atoms. The number of oxazole rings is 1. The number of nitrogens with one attached hydrogen (secondary N) is 2. The third kappa shape index (κ3) is 6.04. The minimum absolute atomic E-state index is 0.0164. The Hall–Kier alpha value is -4.28. The molecule has 0 aliphatic rings. The topological polar surface area (TPSA) is 120 Å². The number of hydrogen-bond donors (Lipinski definition) is 2. The van der Waals surface area contributed by atoms with Crippen molar-refractivity contribution in [1.29, 1.82) is 0 Å². The van der Waals surface area contributed by atoms with Gasteiger partial charge in [0.15, 0.2) is 10.7 Å². The first-order valence-electron chi connectivity index (χ1n) is 10.7. The van der Waals surface area contributed by atoms with Crippen molar-refractivity contribution >= 4 is 63.4 Å². The number of carbonyl (C=O) groups is 1. The van der Waals surface area contributed by atoms with Gasteiger partial charge in [-0.3, -0.25) is 20.2 Å². The fourth-order valence-electron chi connectivity index (χ4n) is 3.25. The van der Waals surface area contributed by atoms with E-state index in [9.17, 15) is 14.9 Å². The smallest absolute Gasteiger partial charge is 0.288 e. The number of thiocarbonyl (C=S) groups is 1. The first kappa shape index (κ1) is 24.8. The zero-order chi connectivity index (χ0) is 25.7. The van der Waals surface area contributed by atoms with Crippen LogP contribution in [-0.4, -0.2) is 27.5 Å². The molecule has 4 aromatic rings. The molecule has 1 amide bonds. The maximum Gasteiger partial charge on any atom is 0.288 e. The van der Waals surface area contributed by atoms with Gasteiger partial charge in [-0.1, -0.05) is 17.7 Å². The Balaban J connectivity index is 1.39. The van der Waals surface area contributed by atoms with E-state index in [1.54, 1.807) is 24.3 Å². The summed E-state index contributed by atoms with van der Waals surface area (Å²) < 4.78 is 11.3. The highest BCUT2D eigenvalue weighted by atomic mass is 35.5. The van der Waals surface area contributed by atoms with E-state index in [1.165, 1.54) is 24.3 Å². The highest BCUT2D eigenvalue weighted by Gasteiger charge is 2.12. The molecule has 0 unspecified atom stereocenters. The maximum absolute atomic E-state index is 12.2. The molecule has 9 nitrogen and oxygen atoms in total. The largest absolute Gasteiger partial charge is 0.494 e. The normalized spacial score (nSPS) is 10.9. The van der Waals surface area contributed by atoms with Crippen molar-refractivity contribution in [1.82, 2.24) is 10.3 Å². The Labute approximate surface area is 215 Å². The molecular formula is C25H19ClN4O5S. The van der Waals surface area contributed by atoms with Crippen molar-refractivity contribution in [3.63, 3.8) is 0 Å². The van der Waals surface area contributed by atoms with Crippen molar-refractivity contribution in [3.8, 4) is 17.2 Å². The van der Waals surface area contributed by atoms with E-state index in [1.807, 2.05) is 31.2 Å². The summed E-state index contributed by atoms with van der Waals surface area (Å²) in [5.74, 6) is 0.725. The van der Waals surface area contributed by atoms with E-state index in [0.717, 1.165) is 11.3 Å². The van der Waals surface area contributed by atoms with Crippen molar-refractivity contribution in [3.05, 3.63) is 87.4 Å². The number of ether oxygens (including phenoxy) is 1. The summed E-state index contributed by atoms with van der Waals surface area (Å²) in [5.41, 5.74) is 2.83. The summed E-state index contributed by atoms with van der Waals surface area (Å²) in [6.45, 7) is 2.51. The summed E-state index contributed by atoms with van der Waals surface area (Å²) in [5, 5.41) is 16.5. The maximum atomic E-state index is 12.2. The van der Waals surface area contributed by atoms with Crippen molar-refractivity contribution in [2.45, 2.75) is 6.92 Å². The number of amides is 1. The lowest BCUT2D eigenvalue weighted by molar-refractivity contribution is -0.384. The van der Waals surface area contributed by atoms with Gasteiger partial charge < -0.3 is 14.5 Å². The van der Waals surface area contributed by atoms with Crippen LogP contribution in [0.5, 0.6) is 5.75 Å². The van der Waals surface area contributed by atoms with E-state index in [2.05, 4.69) is 15.6 Å². The second kappa shape index (κ2) is 11.0. The molecule has 3 aromatic carbocycles. The molecule has 0 aliphatic heterocycles. The lowest BCUT2D eigenvalue weighted by Gasteiger charge is -2.07. The van der Waals surface area contributed by atoms with Gasteiger partial charge >= 0.3 is 0 Å². The quantitative estimate of drug-likeness (QED) is 0.132. The molecule has 2 N–H and O–H groups in total. The molecule has 182 valence electrons. The summed E-state index contributed by atoms with van der Waals surface area (Å²) in [7, 11) is 0. The highest BCUT2D eigenvalue weighted by molar-refractivity contribution is 7.80. The summed E-state index contributed by atoms with van der Waals surface area (Å²) in [4.78, 5) is 27.2. The first-order chi connectivity index (χ1) is 17.3. The van der Waals surface area contributed by atoms with Gasteiger partial charge in [-0.2, -0.15) is 0 Å². The van der Waals surface area contributed by atoms with Crippen LogP contribution in [0.15, 0.2) is 71.2 Å². The number of halogens is 1. The monoisotopic (exact) mass is 522 g/mol. The average molecular weight is 523 g/mol. The zero-order valence-electron chi connectivity index (χ0n) is 18.9. The van der Waals surface area contributed by atoms with E-state index in [4.69, 9.17) is 33.0 Å². The summed E-state index contributed by atoms with van der Waals surface area (Å²) in [6.07, 6.45) is 2.63. The number of anilines is 1. The van der Waals surface area contributed by atoms with Gasteiger partial charge in [0.1, 0.15) is 16.3 Å². The Morgan fingerprint density at radius 1 is 1.19 bits per heavy atom. The first-order valence-corrected chi connectivity index (χ1v) is 11.5. The van der Waals surface area contributed by atoms with E-state index in [-0.39, 0.29) is 15.8 Å². The third-order valence-electron chi connectivity index (χ3n) is 4.89. The van der Waals surface area contributed by atoms with E-state index < -0.39 is 10.8 Å². The number of carbonyl (C=O) groups excluding carboxylic acids is 1. The van der Waals surface area contributed by atoms with Crippen LogP contribution < -0.4 is 15.4 Å². The Morgan fingerprint density at radius 3 is 2.69 bits per heavy atom. The summed E-state index contributed by atoms with van der Waals surface area (Å²) >= 11 is 11.0. The lowest BCUT2D eigenvalue weighted by atomic mass is 10.2. The van der Waals surface area contributed by atoms with Gasteiger partial charge in [-0.05, 0) is 79.3 Å². The molecule has 0 radical (unpaired) electrons. The standard InChI is InChI=1S/C25H19ClN4O5S/c1-2-34-18-8-5-16(6-9-18)24-28-20-14-17(7-11-22(20)35-24)27-25(36)29-23(31)12-4-15-3-10-19(26)21(13-15)30(32)33/h3-14H,2H2,1H3,(H2,27,29,31,36)/b12-4+. The number of rotatable bonds is 7. The SMILES string of the molecule is CCOc1ccc(-c2nc3cc(NC(=S)NC(=O)/C=C/c4ccc(Cl)c([N+](=O)[O-])c4)ccc3o2)cc1. The van der Waals surface area contributed by atoms with Crippen molar-refractivity contribution in [2.75, 3.05) is 11.9 Å². The minimum atomic E-state index is -0.592. The molecule has 1 heterocycles.